The van der Waals surface area contributed by atoms with Crippen LogP contribution in [0.3, 0.4) is 0 Å². The molecule has 1 saturated heterocycles. The Labute approximate surface area is 179 Å². The fourth-order valence-corrected chi connectivity index (χ4v) is 4.77. The lowest BCUT2D eigenvalue weighted by Gasteiger charge is -2.32. The van der Waals surface area contributed by atoms with E-state index in [2.05, 4.69) is 21.7 Å². The molecule has 1 aliphatic rings. The zero-order valence-electron chi connectivity index (χ0n) is 16.6. The van der Waals surface area contributed by atoms with Crippen molar-refractivity contribution in [3.8, 4) is 10.6 Å². The van der Waals surface area contributed by atoms with Gasteiger partial charge < -0.3 is 9.47 Å². The summed E-state index contributed by atoms with van der Waals surface area (Å²) in [6.45, 7) is 2.14. The smallest absolute Gasteiger partial charge is 0.257 e. The number of amides is 1. The minimum absolute atomic E-state index is 0.0711. The lowest BCUT2D eigenvalue weighted by atomic mass is 10.0. The Morgan fingerprint density at radius 3 is 2.63 bits per heavy atom. The molecule has 0 spiro atoms. The number of hydrogen-bond acceptors (Lipinski definition) is 4. The maximum absolute atomic E-state index is 13.4. The van der Waals surface area contributed by atoms with Crippen LogP contribution in [0.1, 0.15) is 34.8 Å². The number of carbonyl (C=O) groups is 1. The topological polar surface area (TPSA) is 56.0 Å². The molecule has 0 saturated carbocycles. The third-order valence-electron chi connectivity index (χ3n) is 5.63. The average Bonchev–Trinajstić information content (AvgIpc) is 3.55. The van der Waals surface area contributed by atoms with Gasteiger partial charge in [-0.05, 0) is 29.9 Å². The number of rotatable bonds is 5. The first-order valence-corrected chi connectivity index (χ1v) is 11.1. The highest BCUT2D eigenvalue weighted by Gasteiger charge is 2.28. The second kappa shape index (κ2) is 8.28. The van der Waals surface area contributed by atoms with Crippen LogP contribution in [0.4, 0.5) is 0 Å². The maximum Gasteiger partial charge on any atom is 0.257 e. The highest BCUT2D eigenvalue weighted by atomic mass is 32.1. The molecule has 1 aliphatic heterocycles. The van der Waals surface area contributed by atoms with Crippen molar-refractivity contribution in [2.75, 3.05) is 13.1 Å². The van der Waals surface area contributed by atoms with E-state index in [0.29, 0.717) is 18.2 Å². The third-order valence-corrected chi connectivity index (χ3v) is 6.51. The molecule has 1 fully saturated rings. The first kappa shape index (κ1) is 18.8. The van der Waals surface area contributed by atoms with Crippen LogP contribution < -0.4 is 0 Å². The molecule has 0 N–H and O–H groups in total. The zero-order valence-corrected chi connectivity index (χ0v) is 17.4. The molecule has 5 rings (SSSR count). The van der Waals surface area contributed by atoms with Gasteiger partial charge in [0.15, 0.2) is 0 Å². The van der Waals surface area contributed by atoms with E-state index >= 15 is 0 Å². The van der Waals surface area contributed by atoms with Crippen molar-refractivity contribution < 1.29 is 4.79 Å². The van der Waals surface area contributed by atoms with Crippen LogP contribution in [-0.4, -0.2) is 43.2 Å². The molecule has 0 bridgehead atoms. The van der Waals surface area contributed by atoms with Gasteiger partial charge >= 0.3 is 0 Å². The van der Waals surface area contributed by atoms with Crippen molar-refractivity contribution in [2.24, 2.45) is 0 Å². The standard InChI is InChI=1S/C23H23N5OS/c29-23(26-11-8-19(9-12-26)27-13-10-24-17-27)20-16-28(15-18-5-2-1-3-6-18)25-22(20)21-7-4-14-30-21/h1-7,10,13-14,16-17,19H,8-9,11-12,15H2. The summed E-state index contributed by atoms with van der Waals surface area (Å²) >= 11 is 1.62. The summed E-state index contributed by atoms with van der Waals surface area (Å²) in [4.78, 5) is 20.6. The van der Waals surface area contributed by atoms with Crippen molar-refractivity contribution in [1.29, 1.82) is 0 Å². The lowest BCUT2D eigenvalue weighted by molar-refractivity contribution is 0.0695. The Bertz CT molecular complexity index is 1090. The van der Waals surface area contributed by atoms with E-state index < -0.39 is 0 Å². The molecule has 0 aliphatic carbocycles. The first-order valence-electron chi connectivity index (χ1n) is 10.2. The quantitative estimate of drug-likeness (QED) is 0.486. The molecule has 0 radical (unpaired) electrons. The van der Waals surface area contributed by atoms with E-state index in [9.17, 15) is 4.79 Å². The Balaban J connectivity index is 1.38. The average molecular weight is 418 g/mol. The van der Waals surface area contributed by atoms with Gasteiger partial charge in [-0.3, -0.25) is 9.48 Å². The molecule has 1 amide bonds. The Morgan fingerprint density at radius 2 is 1.93 bits per heavy atom. The molecule has 0 unspecified atom stereocenters. The molecule has 1 aromatic carbocycles. The summed E-state index contributed by atoms with van der Waals surface area (Å²) in [5, 5.41) is 6.81. The third kappa shape index (κ3) is 3.80. The summed E-state index contributed by atoms with van der Waals surface area (Å²) in [7, 11) is 0. The van der Waals surface area contributed by atoms with Crippen LogP contribution >= 0.6 is 11.3 Å². The van der Waals surface area contributed by atoms with Gasteiger partial charge in [-0.15, -0.1) is 11.3 Å². The second-order valence-corrected chi connectivity index (χ2v) is 8.53. The van der Waals surface area contributed by atoms with Crippen LogP contribution in [0, 0.1) is 0 Å². The van der Waals surface area contributed by atoms with Crippen LogP contribution in [0.15, 0.2) is 72.8 Å². The lowest BCUT2D eigenvalue weighted by Crippen LogP contribution is -2.39. The van der Waals surface area contributed by atoms with Gasteiger partial charge in [0.2, 0.25) is 0 Å². The van der Waals surface area contributed by atoms with Crippen LogP contribution in [0.2, 0.25) is 0 Å². The van der Waals surface area contributed by atoms with Gasteiger partial charge in [0.1, 0.15) is 5.69 Å². The van der Waals surface area contributed by atoms with Crippen molar-refractivity contribution >= 4 is 17.2 Å². The van der Waals surface area contributed by atoms with Gasteiger partial charge in [0.25, 0.3) is 5.91 Å². The zero-order chi connectivity index (χ0) is 20.3. The number of nitrogens with zero attached hydrogens (tertiary/aromatic N) is 5. The Hall–Kier alpha value is -3.19. The van der Waals surface area contributed by atoms with Gasteiger partial charge in [0.05, 0.1) is 23.3 Å². The van der Waals surface area contributed by atoms with E-state index in [1.54, 1.807) is 11.3 Å². The Morgan fingerprint density at radius 1 is 1.10 bits per heavy atom. The van der Waals surface area contributed by atoms with Gasteiger partial charge in [-0.1, -0.05) is 36.4 Å². The van der Waals surface area contributed by atoms with E-state index in [4.69, 9.17) is 5.10 Å². The molecule has 152 valence electrons. The molecule has 7 heteroatoms. The molecule has 4 heterocycles. The van der Waals surface area contributed by atoms with E-state index in [1.165, 1.54) is 0 Å². The summed E-state index contributed by atoms with van der Waals surface area (Å²) in [6, 6.07) is 14.7. The van der Waals surface area contributed by atoms with Crippen molar-refractivity contribution in [3.63, 3.8) is 0 Å². The summed E-state index contributed by atoms with van der Waals surface area (Å²) in [5.74, 6) is 0.0711. The van der Waals surface area contributed by atoms with Crippen molar-refractivity contribution in [2.45, 2.75) is 25.4 Å². The van der Waals surface area contributed by atoms with Crippen LogP contribution in [-0.2, 0) is 6.54 Å². The summed E-state index contributed by atoms with van der Waals surface area (Å²) < 4.78 is 4.03. The monoisotopic (exact) mass is 417 g/mol. The first-order chi connectivity index (χ1) is 14.8. The minimum atomic E-state index is 0.0711. The van der Waals surface area contributed by atoms with Crippen LogP contribution in [0.25, 0.3) is 10.6 Å². The highest BCUT2D eigenvalue weighted by Crippen LogP contribution is 2.30. The number of hydrogen-bond donors (Lipinski definition) is 0. The van der Waals surface area contributed by atoms with E-state index in [1.807, 2.05) is 70.2 Å². The minimum Gasteiger partial charge on any atom is -0.338 e. The number of carbonyl (C=O) groups excluding carboxylic acids is 1. The largest absolute Gasteiger partial charge is 0.338 e. The molecular weight excluding hydrogens is 394 g/mol. The SMILES string of the molecule is O=C(c1cn(Cc2ccccc2)nc1-c1cccs1)N1CCC(n2ccnc2)CC1. The normalized spacial score (nSPS) is 14.9. The molecule has 3 aromatic heterocycles. The van der Waals surface area contributed by atoms with E-state index in [0.717, 1.165) is 42.1 Å². The number of aromatic nitrogens is 4. The molecule has 30 heavy (non-hydrogen) atoms. The van der Waals surface area contributed by atoms with Crippen molar-refractivity contribution in [3.05, 3.63) is 83.9 Å². The molecular formula is C23H23N5OS. The van der Waals surface area contributed by atoms with Gasteiger partial charge in [0, 0.05) is 37.7 Å². The predicted molar refractivity (Wildman–Crippen MR) is 117 cm³/mol. The number of thiophene rings is 1. The number of imidazole rings is 1. The second-order valence-electron chi connectivity index (χ2n) is 7.59. The Kier molecular flexibility index (Phi) is 5.19. The van der Waals surface area contributed by atoms with Crippen molar-refractivity contribution in [1.82, 2.24) is 24.2 Å². The fraction of sp³-hybridized carbons (Fsp3) is 0.261. The number of benzene rings is 1. The predicted octanol–water partition coefficient (Wildman–Crippen LogP) is 4.33. The molecule has 4 aromatic rings. The number of piperidine rings is 1. The summed E-state index contributed by atoms with van der Waals surface area (Å²) in [5.41, 5.74) is 2.63. The van der Waals surface area contributed by atoms with Crippen LogP contribution in [0.5, 0.6) is 0 Å². The van der Waals surface area contributed by atoms with Gasteiger partial charge in [-0.2, -0.15) is 5.10 Å². The maximum atomic E-state index is 13.4. The summed E-state index contributed by atoms with van der Waals surface area (Å²) in [6.07, 6.45) is 9.47. The van der Waals surface area contributed by atoms with Gasteiger partial charge in [-0.25, -0.2) is 4.98 Å². The number of likely N-dealkylation sites (tertiary alicyclic amines) is 1. The van der Waals surface area contributed by atoms with E-state index in [-0.39, 0.29) is 5.91 Å². The molecule has 6 nitrogen and oxygen atoms in total. The fourth-order valence-electron chi connectivity index (χ4n) is 4.05. The molecule has 0 atom stereocenters. The highest BCUT2D eigenvalue weighted by molar-refractivity contribution is 7.13.